The minimum Gasteiger partial charge on any atom is -0.476 e. The number of rotatable bonds is 9. The Balaban J connectivity index is 1.43. The van der Waals surface area contributed by atoms with Crippen LogP contribution in [0.25, 0.3) is 11.1 Å². The Morgan fingerprint density at radius 3 is 2.34 bits per heavy atom. The van der Waals surface area contributed by atoms with Crippen molar-refractivity contribution in [3.05, 3.63) is 71.5 Å². The van der Waals surface area contributed by atoms with Crippen LogP contribution in [0.15, 0.2) is 54.7 Å². The van der Waals surface area contributed by atoms with Crippen LogP contribution in [0.4, 0.5) is 10.5 Å². The fourth-order valence-corrected chi connectivity index (χ4v) is 4.72. The molecule has 3 N–H and O–H groups in total. The molecule has 0 aliphatic heterocycles. The summed E-state index contributed by atoms with van der Waals surface area (Å²) in [6.45, 7) is 0.127. The molecule has 35 heavy (non-hydrogen) atoms. The summed E-state index contributed by atoms with van der Waals surface area (Å²) in [6, 6.07) is 15.2. The number of fused-ring (bicyclic) bond motifs is 3. The maximum absolute atomic E-state index is 12.9. The van der Waals surface area contributed by atoms with Gasteiger partial charge in [-0.2, -0.15) is 16.9 Å². The number of benzene rings is 2. The molecule has 0 spiro atoms. The van der Waals surface area contributed by atoms with Gasteiger partial charge >= 0.3 is 12.1 Å². The molecular formula is C25H26N4O5S. The maximum Gasteiger partial charge on any atom is 0.407 e. The van der Waals surface area contributed by atoms with Crippen LogP contribution in [0.5, 0.6) is 0 Å². The third-order valence-electron chi connectivity index (χ3n) is 5.85. The highest BCUT2D eigenvalue weighted by molar-refractivity contribution is 7.98. The zero-order valence-electron chi connectivity index (χ0n) is 19.4. The first-order valence-electron chi connectivity index (χ1n) is 11.1. The van der Waals surface area contributed by atoms with Crippen LogP contribution in [0.1, 0.15) is 34.0 Å². The molecule has 1 atom stereocenters. The second-order valence-electron chi connectivity index (χ2n) is 8.16. The van der Waals surface area contributed by atoms with Gasteiger partial charge in [0.1, 0.15) is 12.6 Å². The summed E-state index contributed by atoms with van der Waals surface area (Å²) in [5.41, 5.74) is 4.23. The molecule has 9 nitrogen and oxygen atoms in total. The average molecular weight is 495 g/mol. The van der Waals surface area contributed by atoms with E-state index < -0.39 is 24.0 Å². The van der Waals surface area contributed by atoms with Crippen molar-refractivity contribution in [1.82, 2.24) is 15.1 Å². The molecule has 1 aromatic heterocycles. The number of carboxylic acid groups (broad SMARTS) is 1. The lowest BCUT2D eigenvalue weighted by molar-refractivity contribution is -0.118. The molecule has 3 aromatic rings. The summed E-state index contributed by atoms with van der Waals surface area (Å²) in [7, 11) is 1.56. The number of carbonyl (C=O) groups is 3. The van der Waals surface area contributed by atoms with Crippen molar-refractivity contribution in [2.24, 2.45) is 7.05 Å². The number of nitrogens with one attached hydrogen (secondary N) is 2. The molecule has 0 saturated heterocycles. The van der Waals surface area contributed by atoms with Crippen molar-refractivity contribution in [2.75, 3.05) is 23.9 Å². The van der Waals surface area contributed by atoms with Gasteiger partial charge in [0.05, 0.1) is 5.69 Å². The van der Waals surface area contributed by atoms with Gasteiger partial charge in [0, 0.05) is 19.2 Å². The zero-order valence-corrected chi connectivity index (χ0v) is 20.2. The summed E-state index contributed by atoms with van der Waals surface area (Å²) >= 11 is 1.53. The lowest BCUT2D eigenvalue weighted by Crippen LogP contribution is -2.44. The maximum atomic E-state index is 12.9. The van der Waals surface area contributed by atoms with Gasteiger partial charge in [-0.3, -0.25) is 9.48 Å². The van der Waals surface area contributed by atoms with Crippen molar-refractivity contribution in [1.29, 1.82) is 0 Å². The van der Waals surface area contributed by atoms with Crippen molar-refractivity contribution < 1.29 is 24.2 Å². The first kappa shape index (κ1) is 24.3. The quantitative estimate of drug-likeness (QED) is 0.414. The number of hydrogen-bond acceptors (Lipinski definition) is 6. The molecular weight excluding hydrogens is 468 g/mol. The van der Waals surface area contributed by atoms with Crippen LogP contribution in [-0.4, -0.2) is 57.5 Å². The summed E-state index contributed by atoms with van der Waals surface area (Å²) in [4.78, 5) is 37.0. The number of amides is 2. The Morgan fingerprint density at radius 2 is 1.74 bits per heavy atom. The Morgan fingerprint density at radius 1 is 1.11 bits per heavy atom. The number of carboxylic acids is 1. The van der Waals surface area contributed by atoms with E-state index in [1.807, 2.05) is 42.7 Å². The predicted octanol–water partition coefficient (Wildman–Crippen LogP) is 3.72. The van der Waals surface area contributed by atoms with Gasteiger partial charge in [-0.25, -0.2) is 9.59 Å². The number of ether oxygens (including phenoxy) is 1. The lowest BCUT2D eigenvalue weighted by Gasteiger charge is -2.19. The van der Waals surface area contributed by atoms with E-state index in [9.17, 15) is 19.5 Å². The second-order valence-corrected chi connectivity index (χ2v) is 9.15. The van der Waals surface area contributed by atoms with Gasteiger partial charge in [0.2, 0.25) is 5.91 Å². The monoisotopic (exact) mass is 494 g/mol. The number of carbonyl (C=O) groups excluding carboxylic acids is 2. The lowest BCUT2D eigenvalue weighted by atomic mass is 9.98. The van der Waals surface area contributed by atoms with Crippen LogP contribution in [0, 0.1) is 0 Å². The van der Waals surface area contributed by atoms with E-state index in [0.717, 1.165) is 22.3 Å². The number of aromatic carboxylic acids is 1. The Labute approximate surface area is 206 Å². The van der Waals surface area contributed by atoms with Gasteiger partial charge in [-0.1, -0.05) is 48.5 Å². The summed E-state index contributed by atoms with van der Waals surface area (Å²) in [6.07, 6.45) is 2.93. The molecule has 0 unspecified atom stereocenters. The number of nitrogens with zero attached hydrogens (tertiary/aromatic N) is 2. The van der Waals surface area contributed by atoms with E-state index in [1.54, 1.807) is 7.05 Å². The standard InChI is InChI=1S/C25H26N4O5S/c1-29-13-21(22(28-29)24(31)32)26-23(30)20(11-12-35-2)27-25(33)34-14-19-17-9-5-3-7-15(17)16-8-4-6-10-18(16)19/h3-10,13,19-20H,11-12,14H2,1-2H3,(H,26,30)(H,27,33)(H,31,32)/t20-/m1/s1. The number of anilines is 1. The second kappa shape index (κ2) is 10.6. The fraction of sp³-hybridized carbons (Fsp3) is 0.280. The number of aryl methyl sites for hydroxylation is 1. The van der Waals surface area contributed by atoms with Crippen LogP contribution in [0.2, 0.25) is 0 Å². The molecule has 0 saturated carbocycles. The molecule has 2 amide bonds. The molecule has 4 rings (SSSR count). The highest BCUT2D eigenvalue weighted by Gasteiger charge is 2.30. The molecule has 1 aliphatic rings. The molecule has 0 bridgehead atoms. The Bertz CT molecular complexity index is 1210. The topological polar surface area (TPSA) is 123 Å². The molecule has 2 aromatic carbocycles. The Hall–Kier alpha value is -3.79. The normalized spacial score (nSPS) is 13.0. The summed E-state index contributed by atoms with van der Waals surface area (Å²) < 4.78 is 6.87. The zero-order chi connectivity index (χ0) is 24.9. The predicted molar refractivity (Wildman–Crippen MR) is 134 cm³/mol. The van der Waals surface area contributed by atoms with Crippen LogP contribution >= 0.6 is 11.8 Å². The molecule has 10 heteroatoms. The van der Waals surface area contributed by atoms with Gasteiger partial charge < -0.3 is 20.5 Å². The van der Waals surface area contributed by atoms with E-state index in [0.29, 0.717) is 12.2 Å². The Kier molecular flexibility index (Phi) is 7.40. The highest BCUT2D eigenvalue weighted by Crippen LogP contribution is 2.44. The molecule has 182 valence electrons. The van der Waals surface area contributed by atoms with Gasteiger partial charge in [0.15, 0.2) is 5.69 Å². The molecule has 1 aliphatic carbocycles. The largest absolute Gasteiger partial charge is 0.476 e. The van der Waals surface area contributed by atoms with E-state index >= 15 is 0 Å². The summed E-state index contributed by atoms with van der Waals surface area (Å²) in [5.74, 6) is -1.28. The van der Waals surface area contributed by atoms with Crippen molar-refractivity contribution in [3.8, 4) is 11.1 Å². The van der Waals surface area contributed by atoms with Crippen molar-refractivity contribution in [2.45, 2.75) is 18.4 Å². The van der Waals surface area contributed by atoms with Crippen molar-refractivity contribution in [3.63, 3.8) is 0 Å². The van der Waals surface area contributed by atoms with E-state index in [4.69, 9.17) is 4.74 Å². The highest BCUT2D eigenvalue weighted by atomic mass is 32.2. The van der Waals surface area contributed by atoms with Crippen LogP contribution < -0.4 is 10.6 Å². The fourth-order valence-electron chi connectivity index (χ4n) is 4.24. The van der Waals surface area contributed by atoms with Gasteiger partial charge in [-0.05, 0) is 40.7 Å². The van der Waals surface area contributed by atoms with Crippen molar-refractivity contribution >= 4 is 35.4 Å². The van der Waals surface area contributed by atoms with Gasteiger partial charge in [-0.15, -0.1) is 0 Å². The summed E-state index contributed by atoms with van der Waals surface area (Å²) in [5, 5.41) is 18.4. The van der Waals surface area contributed by atoms with E-state index in [2.05, 4.69) is 27.9 Å². The van der Waals surface area contributed by atoms with Gasteiger partial charge in [0.25, 0.3) is 0 Å². The SMILES string of the molecule is CSCC[C@@H](NC(=O)OCC1c2ccccc2-c2ccccc21)C(=O)Nc1cn(C)nc1C(=O)O. The van der Waals surface area contributed by atoms with E-state index in [-0.39, 0.29) is 23.9 Å². The van der Waals surface area contributed by atoms with E-state index in [1.165, 1.54) is 22.6 Å². The third-order valence-corrected chi connectivity index (χ3v) is 6.50. The molecule has 0 radical (unpaired) electrons. The molecule has 1 heterocycles. The number of alkyl carbamates (subject to hydrolysis) is 1. The van der Waals surface area contributed by atoms with Crippen LogP contribution in [0.3, 0.4) is 0 Å². The number of hydrogen-bond donors (Lipinski definition) is 3. The molecule has 0 fully saturated rings. The van der Waals surface area contributed by atoms with Crippen LogP contribution in [-0.2, 0) is 16.6 Å². The average Bonchev–Trinajstić information content (AvgIpc) is 3.37. The minimum atomic E-state index is -1.26. The minimum absolute atomic E-state index is 0.0634. The third kappa shape index (κ3) is 5.32. The number of aromatic nitrogens is 2. The smallest absolute Gasteiger partial charge is 0.407 e. The first-order valence-corrected chi connectivity index (χ1v) is 12.5. The number of thioether (sulfide) groups is 1. The first-order chi connectivity index (χ1) is 16.9.